The Bertz CT molecular complexity index is 731. The van der Waals surface area contributed by atoms with E-state index in [9.17, 15) is 13.2 Å². The molecule has 7 heteroatoms. The molecular weight excluding hydrogens is 316 g/mol. The number of hydrogen-bond acceptors (Lipinski definition) is 3. The molecule has 3 aliphatic rings. The number of anilines is 1. The topological polar surface area (TPSA) is 86.7 Å². The third-order valence-corrected chi connectivity index (χ3v) is 6.92. The van der Waals surface area contributed by atoms with E-state index >= 15 is 0 Å². The summed E-state index contributed by atoms with van der Waals surface area (Å²) in [5.41, 5.74) is 1.49. The summed E-state index contributed by atoms with van der Waals surface area (Å²) in [5.74, 6) is -0.476. The van der Waals surface area contributed by atoms with Crippen LogP contribution in [-0.2, 0) is 15.0 Å². The summed E-state index contributed by atoms with van der Waals surface area (Å²) >= 11 is 0. The maximum Gasteiger partial charge on any atom is 0.307 e. The smallest absolute Gasteiger partial charge is 0.307 e. The Morgan fingerprint density at radius 2 is 1.91 bits per heavy atom. The van der Waals surface area contributed by atoms with Gasteiger partial charge in [0, 0.05) is 18.3 Å². The first kappa shape index (κ1) is 15.0. The van der Waals surface area contributed by atoms with Gasteiger partial charge in [0.1, 0.15) is 0 Å². The lowest BCUT2D eigenvalue weighted by Crippen LogP contribution is -2.41. The van der Waals surface area contributed by atoms with Crippen molar-refractivity contribution in [2.75, 3.05) is 11.3 Å². The number of benzene rings is 1. The van der Waals surface area contributed by atoms with Gasteiger partial charge in [0.2, 0.25) is 0 Å². The first-order valence-corrected chi connectivity index (χ1v) is 9.50. The highest BCUT2D eigenvalue weighted by Gasteiger charge is 2.45. The minimum atomic E-state index is -3.50. The second kappa shape index (κ2) is 5.21. The number of hydrogen-bond donors (Lipinski definition) is 2. The minimum Gasteiger partial charge on any atom is -0.481 e. The summed E-state index contributed by atoms with van der Waals surface area (Å²) in [6.45, 7) is 0.625. The van der Waals surface area contributed by atoms with Crippen LogP contribution in [0.25, 0.3) is 0 Å². The van der Waals surface area contributed by atoms with Crippen LogP contribution < -0.4 is 4.72 Å². The first-order valence-electron chi connectivity index (χ1n) is 8.06. The van der Waals surface area contributed by atoms with Crippen molar-refractivity contribution in [1.82, 2.24) is 4.31 Å². The number of carbonyl (C=O) groups is 1. The van der Waals surface area contributed by atoms with E-state index in [0.717, 1.165) is 24.8 Å². The van der Waals surface area contributed by atoms with Crippen LogP contribution in [0.3, 0.4) is 0 Å². The molecule has 4 rings (SSSR count). The van der Waals surface area contributed by atoms with E-state index in [1.54, 1.807) is 16.4 Å². The van der Waals surface area contributed by atoms with Crippen molar-refractivity contribution in [3.8, 4) is 0 Å². The molecule has 3 fully saturated rings. The van der Waals surface area contributed by atoms with Crippen LogP contribution in [0.15, 0.2) is 24.3 Å². The number of aliphatic carboxylic acids is 1. The molecular formula is C16H20N2O4S. The molecule has 4 atom stereocenters. The molecule has 1 heterocycles. The number of fused-ring (bicyclic) bond motifs is 2. The molecule has 0 amide bonds. The third-order valence-electron chi connectivity index (χ3n) is 5.36. The molecule has 0 aromatic heterocycles. The van der Waals surface area contributed by atoms with E-state index in [-0.39, 0.29) is 17.9 Å². The van der Waals surface area contributed by atoms with Crippen molar-refractivity contribution < 1.29 is 18.3 Å². The molecule has 2 N–H and O–H groups in total. The number of piperidine rings is 1. The van der Waals surface area contributed by atoms with Gasteiger partial charge >= 0.3 is 16.2 Å². The summed E-state index contributed by atoms with van der Waals surface area (Å²) in [7, 11) is -3.50. The van der Waals surface area contributed by atoms with Crippen molar-refractivity contribution >= 4 is 21.9 Å². The molecule has 0 spiro atoms. The van der Waals surface area contributed by atoms with Gasteiger partial charge < -0.3 is 5.11 Å². The monoisotopic (exact) mass is 336 g/mol. The molecule has 1 saturated heterocycles. The van der Waals surface area contributed by atoms with E-state index in [1.165, 1.54) is 0 Å². The number of carboxylic acids is 1. The maximum absolute atomic E-state index is 12.5. The Kier molecular flexibility index (Phi) is 3.39. The zero-order valence-corrected chi connectivity index (χ0v) is 13.5. The lowest BCUT2D eigenvalue weighted by atomic mass is 10.1. The van der Waals surface area contributed by atoms with Gasteiger partial charge in [-0.15, -0.1) is 0 Å². The molecule has 23 heavy (non-hydrogen) atoms. The number of nitrogens with one attached hydrogen (secondary N) is 1. The fraction of sp³-hybridized carbons (Fsp3) is 0.562. The predicted molar refractivity (Wildman–Crippen MR) is 85.3 cm³/mol. The molecule has 2 saturated carbocycles. The Morgan fingerprint density at radius 1 is 1.17 bits per heavy atom. The van der Waals surface area contributed by atoms with Gasteiger partial charge in [0.25, 0.3) is 0 Å². The second-order valence-corrected chi connectivity index (χ2v) is 8.54. The molecule has 1 aliphatic heterocycles. The standard InChI is InChI=1S/C16H20N2O4S/c19-16(20)15-8-14(15)11-2-4-12(5-3-11)17-23(21,22)18-9-10-1-6-13(18)7-10/h2-5,10,13-15,17H,1,6-9H2,(H,19,20)/t10?,13?,14-,15+/m0/s1. The van der Waals surface area contributed by atoms with Crippen molar-refractivity contribution in [3.05, 3.63) is 29.8 Å². The summed E-state index contributed by atoms with van der Waals surface area (Å²) in [6, 6.07) is 7.24. The van der Waals surface area contributed by atoms with E-state index in [1.807, 2.05) is 12.1 Å². The molecule has 1 aromatic rings. The summed E-state index contributed by atoms with van der Waals surface area (Å²) in [6.07, 6.45) is 3.75. The first-order chi connectivity index (χ1) is 10.9. The molecule has 2 aliphatic carbocycles. The van der Waals surface area contributed by atoms with Gasteiger partial charge in [0.05, 0.1) is 5.92 Å². The van der Waals surface area contributed by atoms with E-state index in [0.29, 0.717) is 24.6 Å². The molecule has 6 nitrogen and oxygen atoms in total. The SMILES string of the molecule is O=C(O)[C@@H]1C[C@H]1c1ccc(NS(=O)(=O)N2CC3CCC2C3)cc1. The summed E-state index contributed by atoms with van der Waals surface area (Å²) in [4.78, 5) is 10.9. The highest BCUT2D eigenvalue weighted by atomic mass is 32.2. The molecule has 124 valence electrons. The van der Waals surface area contributed by atoms with Gasteiger partial charge in [-0.3, -0.25) is 9.52 Å². The quantitative estimate of drug-likeness (QED) is 0.861. The Labute approximate surface area is 135 Å². The lowest BCUT2D eigenvalue weighted by molar-refractivity contribution is -0.138. The highest BCUT2D eigenvalue weighted by molar-refractivity contribution is 7.90. The molecule has 1 aromatic carbocycles. The van der Waals surface area contributed by atoms with Crippen molar-refractivity contribution in [2.45, 2.75) is 37.6 Å². The average Bonchev–Trinajstić information content (AvgIpc) is 3.03. The van der Waals surface area contributed by atoms with Crippen LogP contribution in [0.5, 0.6) is 0 Å². The maximum atomic E-state index is 12.5. The van der Waals surface area contributed by atoms with Crippen LogP contribution in [0.4, 0.5) is 5.69 Å². The molecule has 0 radical (unpaired) electrons. The average molecular weight is 336 g/mol. The highest BCUT2D eigenvalue weighted by Crippen LogP contribution is 2.47. The predicted octanol–water partition coefficient (Wildman–Crippen LogP) is 2.02. The fourth-order valence-corrected chi connectivity index (χ4v) is 5.56. The molecule has 2 unspecified atom stereocenters. The van der Waals surface area contributed by atoms with Gasteiger partial charge in [-0.25, -0.2) is 0 Å². The van der Waals surface area contributed by atoms with Gasteiger partial charge in [-0.05, 0) is 55.2 Å². The molecule has 2 bridgehead atoms. The zero-order valence-electron chi connectivity index (χ0n) is 12.7. The number of carboxylic acid groups (broad SMARTS) is 1. The van der Waals surface area contributed by atoms with Crippen LogP contribution in [0, 0.1) is 11.8 Å². The van der Waals surface area contributed by atoms with Crippen molar-refractivity contribution in [2.24, 2.45) is 11.8 Å². The van der Waals surface area contributed by atoms with Crippen molar-refractivity contribution in [3.63, 3.8) is 0 Å². The number of nitrogens with zero attached hydrogens (tertiary/aromatic N) is 1. The minimum absolute atomic E-state index is 0.0625. The van der Waals surface area contributed by atoms with Gasteiger partial charge in [0.15, 0.2) is 0 Å². The third kappa shape index (κ3) is 2.72. The van der Waals surface area contributed by atoms with Crippen LogP contribution in [0.2, 0.25) is 0 Å². The Morgan fingerprint density at radius 3 is 2.43 bits per heavy atom. The summed E-state index contributed by atoms with van der Waals surface area (Å²) < 4.78 is 29.2. The van der Waals surface area contributed by atoms with Gasteiger partial charge in [-0.2, -0.15) is 12.7 Å². The van der Waals surface area contributed by atoms with E-state index in [2.05, 4.69) is 4.72 Å². The number of rotatable bonds is 5. The van der Waals surface area contributed by atoms with Crippen molar-refractivity contribution in [1.29, 1.82) is 0 Å². The van der Waals surface area contributed by atoms with Gasteiger partial charge in [-0.1, -0.05) is 12.1 Å². The lowest BCUT2D eigenvalue weighted by Gasteiger charge is -2.26. The van der Waals surface area contributed by atoms with Crippen LogP contribution >= 0.6 is 0 Å². The zero-order chi connectivity index (χ0) is 16.2. The van der Waals surface area contributed by atoms with E-state index < -0.39 is 16.2 Å². The van der Waals surface area contributed by atoms with Crippen LogP contribution in [-0.4, -0.2) is 36.4 Å². The fourth-order valence-electron chi connectivity index (χ4n) is 4.02. The summed E-state index contributed by atoms with van der Waals surface area (Å²) in [5, 5.41) is 8.97. The van der Waals surface area contributed by atoms with E-state index in [4.69, 9.17) is 5.11 Å². The Hall–Kier alpha value is -1.60. The second-order valence-electron chi connectivity index (χ2n) is 6.92. The van der Waals surface area contributed by atoms with Crippen LogP contribution in [0.1, 0.15) is 37.2 Å². The Balaban J connectivity index is 1.44. The largest absolute Gasteiger partial charge is 0.481 e. The normalized spacial score (nSPS) is 32.9.